The summed E-state index contributed by atoms with van der Waals surface area (Å²) in [5.74, 6) is 0.0369. The fraction of sp³-hybridized carbons (Fsp3) is 0.364. The van der Waals surface area contributed by atoms with Crippen LogP contribution in [0.3, 0.4) is 0 Å². The highest BCUT2D eigenvalue weighted by Crippen LogP contribution is 2.29. The third kappa shape index (κ3) is 5.55. The van der Waals surface area contributed by atoms with Crippen molar-refractivity contribution in [1.29, 1.82) is 0 Å². The Labute approximate surface area is 164 Å². The van der Waals surface area contributed by atoms with Crippen LogP contribution in [-0.2, 0) is 17.6 Å². The molecule has 1 fully saturated rings. The highest BCUT2D eigenvalue weighted by atomic mass is 19.1. The summed E-state index contributed by atoms with van der Waals surface area (Å²) in [5.41, 5.74) is 2.58. The number of anilines is 1. The first-order chi connectivity index (χ1) is 13.5. The van der Waals surface area contributed by atoms with Crippen LogP contribution >= 0.6 is 0 Å². The van der Waals surface area contributed by atoms with Gasteiger partial charge in [-0.25, -0.2) is 9.18 Å². The molecular weight excluding hydrogens is 357 g/mol. The highest BCUT2D eigenvalue weighted by Gasteiger charge is 2.28. The van der Waals surface area contributed by atoms with Gasteiger partial charge < -0.3 is 16.0 Å². The lowest BCUT2D eigenvalue weighted by Gasteiger charge is -2.21. The Morgan fingerprint density at radius 1 is 1.07 bits per heavy atom. The average molecular weight is 383 g/mol. The van der Waals surface area contributed by atoms with Crippen LogP contribution in [0.15, 0.2) is 48.5 Å². The molecule has 2 aromatic carbocycles. The van der Waals surface area contributed by atoms with Crippen molar-refractivity contribution in [2.75, 3.05) is 12.4 Å². The number of halogens is 1. The highest BCUT2D eigenvalue weighted by molar-refractivity contribution is 5.89. The number of likely N-dealkylation sites (N-methyl/N-ethyl adjacent to an activating group) is 1. The zero-order valence-electron chi connectivity index (χ0n) is 16.0. The van der Waals surface area contributed by atoms with Gasteiger partial charge in [-0.3, -0.25) is 4.79 Å². The Bertz CT molecular complexity index is 823. The number of amides is 3. The van der Waals surface area contributed by atoms with Gasteiger partial charge in [-0.2, -0.15) is 0 Å². The lowest BCUT2D eigenvalue weighted by Crippen LogP contribution is -2.40. The molecular formula is C22H26FN3O2. The van der Waals surface area contributed by atoms with E-state index >= 15 is 0 Å². The summed E-state index contributed by atoms with van der Waals surface area (Å²) in [6.07, 6.45) is 4.15. The molecule has 3 N–H and O–H groups in total. The van der Waals surface area contributed by atoms with Gasteiger partial charge in [0.15, 0.2) is 0 Å². The van der Waals surface area contributed by atoms with Gasteiger partial charge in [-0.05, 0) is 60.6 Å². The van der Waals surface area contributed by atoms with Crippen LogP contribution in [0, 0.1) is 11.7 Å². The second-order valence-electron chi connectivity index (χ2n) is 7.28. The molecule has 0 radical (unpaired) electrons. The van der Waals surface area contributed by atoms with Crippen LogP contribution < -0.4 is 16.0 Å². The number of benzene rings is 2. The van der Waals surface area contributed by atoms with Gasteiger partial charge in [0.05, 0.1) is 6.42 Å². The van der Waals surface area contributed by atoms with E-state index in [1.54, 1.807) is 19.2 Å². The summed E-state index contributed by atoms with van der Waals surface area (Å²) in [7, 11) is 1.60. The van der Waals surface area contributed by atoms with Crippen molar-refractivity contribution in [3.05, 3.63) is 65.5 Å². The Balaban J connectivity index is 1.55. The van der Waals surface area contributed by atoms with Crippen LogP contribution in [0.1, 0.15) is 30.4 Å². The topological polar surface area (TPSA) is 70.2 Å². The first-order valence-electron chi connectivity index (χ1n) is 9.65. The lowest BCUT2D eigenvalue weighted by molar-refractivity contribution is -0.119. The summed E-state index contributed by atoms with van der Waals surface area (Å²) >= 11 is 0. The molecule has 1 aliphatic rings. The Hall–Kier alpha value is -2.89. The Kier molecular flexibility index (Phi) is 6.63. The number of hydrogen-bond acceptors (Lipinski definition) is 2. The molecule has 28 heavy (non-hydrogen) atoms. The van der Waals surface area contributed by atoms with E-state index in [-0.39, 0.29) is 30.2 Å². The molecule has 1 saturated carbocycles. The number of carbonyl (C=O) groups excluding carboxylic acids is 2. The molecule has 1 aliphatic carbocycles. The maximum absolute atomic E-state index is 13.1. The van der Waals surface area contributed by atoms with Crippen LogP contribution in [0.4, 0.5) is 14.9 Å². The van der Waals surface area contributed by atoms with Gasteiger partial charge in [-0.1, -0.05) is 30.7 Å². The monoisotopic (exact) mass is 383 g/mol. The number of nitrogens with one attached hydrogen (secondary N) is 3. The van der Waals surface area contributed by atoms with Gasteiger partial charge >= 0.3 is 6.03 Å². The first-order valence-corrected chi connectivity index (χ1v) is 9.65. The van der Waals surface area contributed by atoms with Crippen molar-refractivity contribution in [2.45, 2.75) is 38.1 Å². The van der Waals surface area contributed by atoms with Crippen molar-refractivity contribution < 1.29 is 14.0 Å². The molecule has 2 atom stereocenters. The number of carbonyl (C=O) groups is 2. The smallest absolute Gasteiger partial charge is 0.319 e. The third-order valence-corrected chi connectivity index (χ3v) is 5.22. The summed E-state index contributed by atoms with van der Waals surface area (Å²) in [4.78, 5) is 24.0. The minimum Gasteiger partial charge on any atom is -0.359 e. The lowest BCUT2D eigenvalue weighted by atomic mass is 9.94. The van der Waals surface area contributed by atoms with Gasteiger partial charge in [0.1, 0.15) is 5.82 Å². The van der Waals surface area contributed by atoms with Crippen molar-refractivity contribution in [2.24, 2.45) is 5.92 Å². The standard InChI is InChI=1S/C22H26FN3O2/c1-24-21(27)14-16-4-2-6-19(13-16)25-22(28)26-20-7-3-5-17(20)12-15-8-10-18(23)11-9-15/h2,4,6,8-11,13,17,20H,3,5,7,12,14H2,1H3,(H,24,27)(H2,25,26,28). The van der Waals surface area contributed by atoms with E-state index < -0.39 is 0 Å². The van der Waals surface area contributed by atoms with Crippen LogP contribution in [0.5, 0.6) is 0 Å². The van der Waals surface area contributed by atoms with Gasteiger partial charge in [0.25, 0.3) is 0 Å². The maximum Gasteiger partial charge on any atom is 0.319 e. The summed E-state index contributed by atoms with van der Waals surface area (Å²) < 4.78 is 13.1. The zero-order valence-corrected chi connectivity index (χ0v) is 16.0. The maximum atomic E-state index is 13.1. The molecule has 0 bridgehead atoms. The van der Waals surface area contributed by atoms with Crippen molar-refractivity contribution in [3.8, 4) is 0 Å². The molecule has 148 valence electrons. The van der Waals surface area contributed by atoms with E-state index in [9.17, 15) is 14.0 Å². The number of urea groups is 1. The van der Waals surface area contributed by atoms with E-state index in [0.29, 0.717) is 11.6 Å². The molecule has 5 nitrogen and oxygen atoms in total. The Morgan fingerprint density at radius 3 is 2.61 bits per heavy atom. The van der Waals surface area contributed by atoms with Crippen molar-refractivity contribution in [1.82, 2.24) is 10.6 Å². The predicted molar refractivity (Wildman–Crippen MR) is 108 cm³/mol. The van der Waals surface area contributed by atoms with Crippen molar-refractivity contribution >= 4 is 17.6 Å². The largest absolute Gasteiger partial charge is 0.359 e. The van der Waals surface area contributed by atoms with Gasteiger partial charge in [0, 0.05) is 18.8 Å². The molecule has 0 heterocycles. The molecule has 3 rings (SSSR count). The molecule has 3 amide bonds. The fourth-order valence-electron chi connectivity index (χ4n) is 3.76. The predicted octanol–water partition coefficient (Wildman–Crippen LogP) is 3.65. The van der Waals surface area contributed by atoms with E-state index in [2.05, 4.69) is 16.0 Å². The molecule has 0 saturated heterocycles. The van der Waals surface area contributed by atoms with Crippen molar-refractivity contribution in [3.63, 3.8) is 0 Å². The van der Waals surface area contributed by atoms with Crippen LogP contribution in [0.2, 0.25) is 0 Å². The summed E-state index contributed by atoms with van der Waals surface area (Å²) in [5, 5.41) is 8.53. The number of rotatable bonds is 6. The van der Waals surface area contributed by atoms with E-state index in [1.807, 2.05) is 24.3 Å². The normalized spacial score (nSPS) is 18.5. The van der Waals surface area contributed by atoms with E-state index in [4.69, 9.17) is 0 Å². The van der Waals surface area contributed by atoms with Crippen LogP contribution in [0.25, 0.3) is 0 Å². The quantitative estimate of drug-likeness (QED) is 0.713. The van der Waals surface area contributed by atoms with Crippen LogP contribution in [-0.4, -0.2) is 25.0 Å². The molecule has 0 spiro atoms. The fourth-order valence-corrected chi connectivity index (χ4v) is 3.76. The van der Waals surface area contributed by atoms with Gasteiger partial charge in [-0.15, -0.1) is 0 Å². The SMILES string of the molecule is CNC(=O)Cc1cccc(NC(=O)NC2CCCC2Cc2ccc(F)cc2)c1. The minimum absolute atomic E-state index is 0.0730. The first kappa shape index (κ1) is 19.9. The summed E-state index contributed by atoms with van der Waals surface area (Å²) in [6.45, 7) is 0. The third-order valence-electron chi connectivity index (χ3n) is 5.22. The van der Waals surface area contributed by atoms with E-state index in [0.717, 1.165) is 36.8 Å². The minimum atomic E-state index is -0.243. The van der Waals surface area contributed by atoms with E-state index in [1.165, 1.54) is 12.1 Å². The molecule has 2 aromatic rings. The second-order valence-corrected chi connectivity index (χ2v) is 7.28. The second kappa shape index (κ2) is 9.35. The summed E-state index contributed by atoms with van der Waals surface area (Å²) in [6, 6.07) is 13.7. The number of hydrogen-bond donors (Lipinski definition) is 3. The van der Waals surface area contributed by atoms with Gasteiger partial charge in [0.2, 0.25) is 5.91 Å². The molecule has 0 aromatic heterocycles. The molecule has 2 unspecified atom stereocenters. The molecule has 0 aliphatic heterocycles. The average Bonchev–Trinajstić information content (AvgIpc) is 3.10. The zero-order chi connectivity index (χ0) is 19.9. The Morgan fingerprint density at radius 2 is 1.86 bits per heavy atom. The molecule has 6 heteroatoms.